The first-order valence-corrected chi connectivity index (χ1v) is 8.18. The van der Waals surface area contributed by atoms with E-state index in [9.17, 15) is 14.4 Å². The van der Waals surface area contributed by atoms with Gasteiger partial charge in [0.05, 0.1) is 0 Å². The van der Waals surface area contributed by atoms with E-state index in [0.717, 1.165) is 19.3 Å². The summed E-state index contributed by atoms with van der Waals surface area (Å²) in [6.07, 6.45) is 2.80. The zero-order valence-corrected chi connectivity index (χ0v) is 13.7. The number of hydrogen-bond acceptors (Lipinski definition) is 5. The second kappa shape index (κ2) is 4.80. The molecule has 3 rings (SSSR count). The Bertz CT molecular complexity index is 541. The Hall–Kier alpha value is -1.39. The number of carbonyl (C=O) groups excluding carboxylic acids is 3. The van der Waals surface area contributed by atoms with Gasteiger partial charge < -0.3 is 9.47 Å². The number of Topliss-reactive ketones (excluding diaryl/α,β-unsaturated/α-hetero) is 1. The van der Waals surface area contributed by atoms with Gasteiger partial charge in [-0.2, -0.15) is 0 Å². The zero-order chi connectivity index (χ0) is 16.3. The standard InChI is InChI=1S/C17H24O5/c1-9-6-5-7-12-8-13(19)17(22-11(3)18)10(2)14(20)21-15(17)16(9,12)4/h9-10,12,15H,5-8H2,1-4H3/t9-,10-,12+,15-,16+,17-/m0/s1. The Morgan fingerprint density at radius 1 is 1.27 bits per heavy atom. The fourth-order valence-electron chi connectivity index (χ4n) is 4.99. The van der Waals surface area contributed by atoms with E-state index in [4.69, 9.17) is 9.47 Å². The second-order valence-electron chi connectivity index (χ2n) is 7.45. The highest BCUT2D eigenvalue weighted by Crippen LogP contribution is 2.60. The van der Waals surface area contributed by atoms with Crippen molar-refractivity contribution < 1.29 is 23.9 Å². The molecule has 0 aromatic rings. The van der Waals surface area contributed by atoms with Crippen molar-refractivity contribution in [3.05, 3.63) is 0 Å². The molecule has 3 fully saturated rings. The molecule has 2 saturated carbocycles. The molecule has 6 atom stereocenters. The van der Waals surface area contributed by atoms with Gasteiger partial charge in [0.25, 0.3) is 0 Å². The summed E-state index contributed by atoms with van der Waals surface area (Å²) in [5, 5.41) is 0. The van der Waals surface area contributed by atoms with Gasteiger partial charge in [-0.15, -0.1) is 0 Å². The maximum absolute atomic E-state index is 12.9. The quantitative estimate of drug-likeness (QED) is 0.695. The van der Waals surface area contributed by atoms with E-state index in [0.29, 0.717) is 12.3 Å². The van der Waals surface area contributed by atoms with Crippen LogP contribution in [0.3, 0.4) is 0 Å². The maximum atomic E-state index is 12.9. The molecule has 0 amide bonds. The molecule has 1 heterocycles. The highest BCUT2D eigenvalue weighted by Gasteiger charge is 2.72. The largest absolute Gasteiger partial charge is 0.457 e. The molecular formula is C17H24O5. The van der Waals surface area contributed by atoms with Crippen molar-refractivity contribution in [3.63, 3.8) is 0 Å². The van der Waals surface area contributed by atoms with Crippen LogP contribution in [0.1, 0.15) is 53.4 Å². The van der Waals surface area contributed by atoms with Crippen LogP contribution in [-0.4, -0.2) is 29.4 Å². The number of ketones is 1. The van der Waals surface area contributed by atoms with Crippen molar-refractivity contribution in [3.8, 4) is 0 Å². The average Bonchev–Trinajstić information content (AvgIpc) is 2.69. The molecule has 2 aliphatic carbocycles. The van der Waals surface area contributed by atoms with Gasteiger partial charge >= 0.3 is 11.9 Å². The molecule has 22 heavy (non-hydrogen) atoms. The van der Waals surface area contributed by atoms with Crippen molar-refractivity contribution in [2.75, 3.05) is 0 Å². The minimum atomic E-state index is -1.43. The highest BCUT2D eigenvalue weighted by atomic mass is 16.6. The molecule has 0 spiro atoms. The van der Waals surface area contributed by atoms with Gasteiger partial charge in [0.2, 0.25) is 5.60 Å². The van der Waals surface area contributed by atoms with E-state index in [-0.39, 0.29) is 17.1 Å². The summed E-state index contributed by atoms with van der Waals surface area (Å²) in [6, 6.07) is 0. The normalized spacial score (nSPS) is 47.5. The molecule has 0 bridgehead atoms. The molecule has 122 valence electrons. The third kappa shape index (κ3) is 1.74. The van der Waals surface area contributed by atoms with Crippen LogP contribution in [-0.2, 0) is 23.9 Å². The van der Waals surface area contributed by atoms with Crippen LogP contribution < -0.4 is 0 Å². The lowest BCUT2D eigenvalue weighted by Crippen LogP contribution is -2.67. The summed E-state index contributed by atoms with van der Waals surface area (Å²) in [4.78, 5) is 36.8. The maximum Gasteiger partial charge on any atom is 0.313 e. The zero-order valence-electron chi connectivity index (χ0n) is 13.7. The molecule has 0 unspecified atom stereocenters. The number of carbonyl (C=O) groups is 3. The lowest BCUT2D eigenvalue weighted by molar-refractivity contribution is -0.209. The van der Waals surface area contributed by atoms with Gasteiger partial charge in [0.15, 0.2) is 11.9 Å². The monoisotopic (exact) mass is 308 g/mol. The van der Waals surface area contributed by atoms with Gasteiger partial charge in [-0.1, -0.05) is 26.7 Å². The number of hydrogen-bond donors (Lipinski definition) is 0. The number of fused-ring (bicyclic) bond motifs is 3. The Kier molecular flexibility index (Phi) is 3.38. The topological polar surface area (TPSA) is 69.7 Å². The van der Waals surface area contributed by atoms with E-state index in [2.05, 4.69) is 13.8 Å². The molecule has 5 heteroatoms. The Labute approximate surface area is 130 Å². The second-order valence-corrected chi connectivity index (χ2v) is 7.45. The van der Waals surface area contributed by atoms with Crippen LogP contribution in [0.15, 0.2) is 0 Å². The first-order chi connectivity index (χ1) is 10.2. The minimum Gasteiger partial charge on any atom is -0.457 e. The van der Waals surface area contributed by atoms with Crippen LogP contribution in [0.2, 0.25) is 0 Å². The smallest absolute Gasteiger partial charge is 0.313 e. The Morgan fingerprint density at radius 3 is 2.59 bits per heavy atom. The Balaban J connectivity index is 2.14. The van der Waals surface area contributed by atoms with Crippen molar-refractivity contribution >= 4 is 17.7 Å². The summed E-state index contributed by atoms with van der Waals surface area (Å²) in [6.45, 7) is 7.17. The molecule has 0 aromatic heterocycles. The first-order valence-electron chi connectivity index (χ1n) is 8.18. The fraction of sp³-hybridized carbons (Fsp3) is 0.824. The van der Waals surface area contributed by atoms with Crippen LogP contribution >= 0.6 is 0 Å². The highest BCUT2D eigenvalue weighted by molar-refractivity contribution is 5.98. The number of esters is 2. The molecule has 5 nitrogen and oxygen atoms in total. The molecule has 0 radical (unpaired) electrons. The van der Waals surface area contributed by atoms with Gasteiger partial charge in [0, 0.05) is 18.8 Å². The molecular weight excluding hydrogens is 284 g/mol. The van der Waals surface area contributed by atoms with E-state index in [1.807, 2.05) is 0 Å². The van der Waals surface area contributed by atoms with Crippen LogP contribution in [0.25, 0.3) is 0 Å². The third-order valence-electron chi connectivity index (χ3n) is 6.50. The summed E-state index contributed by atoms with van der Waals surface area (Å²) in [5.41, 5.74) is -1.75. The fourth-order valence-corrected chi connectivity index (χ4v) is 4.99. The van der Waals surface area contributed by atoms with Crippen LogP contribution in [0.5, 0.6) is 0 Å². The van der Waals surface area contributed by atoms with E-state index < -0.39 is 29.6 Å². The predicted octanol–water partition coefficient (Wildman–Crippen LogP) is 2.27. The SMILES string of the molecule is CC(=O)O[C@@]12C(=O)C[C@H]3CCC[C@H](C)[C@@]3(C)[C@@H]1OC(=O)[C@@H]2C. The minimum absolute atomic E-state index is 0.150. The third-order valence-corrected chi connectivity index (χ3v) is 6.50. The van der Waals surface area contributed by atoms with Crippen molar-refractivity contribution in [2.24, 2.45) is 23.2 Å². The average molecular weight is 308 g/mol. The summed E-state index contributed by atoms with van der Waals surface area (Å²) in [5.74, 6) is -1.34. The van der Waals surface area contributed by atoms with Crippen LogP contribution in [0, 0.1) is 23.2 Å². The summed E-state index contributed by atoms with van der Waals surface area (Å²) >= 11 is 0. The van der Waals surface area contributed by atoms with Crippen molar-refractivity contribution in [1.82, 2.24) is 0 Å². The number of rotatable bonds is 1. The van der Waals surface area contributed by atoms with Gasteiger partial charge in [-0.25, -0.2) is 0 Å². The Morgan fingerprint density at radius 2 is 1.95 bits per heavy atom. The van der Waals surface area contributed by atoms with Crippen molar-refractivity contribution in [1.29, 1.82) is 0 Å². The van der Waals surface area contributed by atoms with Crippen LogP contribution in [0.4, 0.5) is 0 Å². The molecule has 0 aromatic carbocycles. The molecule has 1 saturated heterocycles. The summed E-state index contributed by atoms with van der Waals surface area (Å²) < 4.78 is 11.2. The lowest BCUT2D eigenvalue weighted by atomic mass is 9.50. The molecule has 1 aliphatic heterocycles. The van der Waals surface area contributed by atoms with E-state index in [1.165, 1.54) is 6.92 Å². The van der Waals surface area contributed by atoms with E-state index in [1.54, 1.807) is 6.92 Å². The summed E-state index contributed by atoms with van der Waals surface area (Å²) in [7, 11) is 0. The van der Waals surface area contributed by atoms with Crippen molar-refractivity contribution in [2.45, 2.75) is 65.1 Å². The van der Waals surface area contributed by atoms with Gasteiger partial charge in [0.1, 0.15) is 5.92 Å². The van der Waals surface area contributed by atoms with Gasteiger partial charge in [-0.05, 0) is 25.2 Å². The molecule has 0 N–H and O–H groups in total. The molecule has 3 aliphatic rings. The lowest BCUT2D eigenvalue weighted by Gasteiger charge is -2.56. The first kappa shape index (κ1) is 15.5. The van der Waals surface area contributed by atoms with Gasteiger partial charge in [-0.3, -0.25) is 14.4 Å². The number of ether oxygens (including phenoxy) is 2. The van der Waals surface area contributed by atoms with E-state index >= 15 is 0 Å². The predicted molar refractivity (Wildman–Crippen MR) is 77.8 cm³/mol.